The summed E-state index contributed by atoms with van der Waals surface area (Å²) in [4.78, 5) is 13.5. The van der Waals surface area contributed by atoms with E-state index < -0.39 is 5.97 Å². The van der Waals surface area contributed by atoms with Crippen LogP contribution in [0.4, 0.5) is 0 Å². The number of likely N-dealkylation sites (tertiary alicyclic amines) is 1. The van der Waals surface area contributed by atoms with Crippen LogP contribution in [0.2, 0.25) is 0 Å². The molecule has 2 atom stereocenters. The van der Waals surface area contributed by atoms with E-state index in [-0.39, 0.29) is 0 Å². The average Bonchev–Trinajstić information content (AvgIpc) is 2.40. The summed E-state index contributed by atoms with van der Waals surface area (Å²) in [5.74, 6) is 0.541. The highest BCUT2D eigenvalue weighted by molar-refractivity contribution is 5.87. The first-order valence-corrected chi connectivity index (χ1v) is 7.54. The Morgan fingerprint density at radius 3 is 2.55 bits per heavy atom. The summed E-state index contributed by atoms with van der Waals surface area (Å²) >= 11 is 0. The van der Waals surface area contributed by atoms with E-state index in [1.165, 1.54) is 18.4 Å². The van der Waals surface area contributed by atoms with Crippen molar-refractivity contribution in [1.29, 1.82) is 0 Å². The number of piperidine rings is 1. The minimum atomic E-state index is -0.854. The minimum absolute atomic E-state index is 0.369. The van der Waals surface area contributed by atoms with Gasteiger partial charge in [-0.05, 0) is 48.9 Å². The number of nitrogens with zero attached hydrogens (tertiary/aromatic N) is 1. The fraction of sp³-hybridized carbons (Fsp3) is 0.588. The van der Waals surface area contributed by atoms with Gasteiger partial charge in [0, 0.05) is 12.6 Å². The molecule has 0 aromatic heterocycles. The van der Waals surface area contributed by atoms with Crippen LogP contribution in [0.25, 0.3) is 0 Å². The van der Waals surface area contributed by atoms with Gasteiger partial charge in [0.15, 0.2) is 0 Å². The van der Waals surface area contributed by atoms with Crippen molar-refractivity contribution in [3.8, 4) is 0 Å². The number of carboxylic acid groups (broad SMARTS) is 1. The zero-order valence-corrected chi connectivity index (χ0v) is 12.7. The van der Waals surface area contributed by atoms with Crippen molar-refractivity contribution < 1.29 is 9.90 Å². The Balaban J connectivity index is 2.18. The Kier molecular flexibility index (Phi) is 4.81. The number of carbonyl (C=O) groups is 1. The number of hydrogen-bond donors (Lipinski definition) is 1. The van der Waals surface area contributed by atoms with E-state index in [9.17, 15) is 4.79 Å². The van der Waals surface area contributed by atoms with Gasteiger partial charge in [-0.2, -0.15) is 0 Å². The summed E-state index contributed by atoms with van der Waals surface area (Å²) in [5.41, 5.74) is 1.62. The van der Waals surface area contributed by atoms with Crippen LogP contribution in [-0.4, -0.2) is 29.1 Å². The molecule has 3 heteroatoms. The van der Waals surface area contributed by atoms with Crippen LogP contribution in [0.15, 0.2) is 24.3 Å². The molecule has 0 radical (unpaired) electrons. The van der Waals surface area contributed by atoms with E-state index in [4.69, 9.17) is 5.11 Å². The minimum Gasteiger partial charge on any atom is -0.478 e. The van der Waals surface area contributed by atoms with Gasteiger partial charge in [-0.25, -0.2) is 4.79 Å². The van der Waals surface area contributed by atoms with Crippen molar-refractivity contribution in [2.45, 2.75) is 39.7 Å². The van der Waals surface area contributed by atoms with E-state index in [0.29, 0.717) is 17.5 Å². The van der Waals surface area contributed by atoms with Gasteiger partial charge in [0.05, 0.1) is 5.56 Å². The lowest BCUT2D eigenvalue weighted by Gasteiger charge is -2.39. The smallest absolute Gasteiger partial charge is 0.335 e. The number of hydrogen-bond acceptors (Lipinski definition) is 2. The standard InChI is InChI=1S/C17H25NO2/c1-12(2)11-18-9-8-13(3)10-16(18)14-4-6-15(7-5-14)17(19)20/h4-7,12-13,16H,8-11H2,1-3H3,(H,19,20)/t13-,16-/m0/s1. The van der Waals surface area contributed by atoms with E-state index in [1.54, 1.807) is 12.1 Å². The zero-order valence-electron chi connectivity index (χ0n) is 12.7. The summed E-state index contributed by atoms with van der Waals surface area (Å²) in [6.45, 7) is 9.07. The molecule has 110 valence electrons. The lowest BCUT2D eigenvalue weighted by Crippen LogP contribution is -2.38. The second-order valence-electron chi connectivity index (χ2n) is 6.46. The fourth-order valence-electron chi connectivity index (χ4n) is 3.07. The van der Waals surface area contributed by atoms with Crippen LogP contribution in [0.3, 0.4) is 0 Å². The fourth-order valence-corrected chi connectivity index (χ4v) is 3.07. The first kappa shape index (κ1) is 15.0. The van der Waals surface area contributed by atoms with Crippen LogP contribution in [0, 0.1) is 11.8 Å². The Labute approximate surface area is 121 Å². The van der Waals surface area contributed by atoms with Crippen molar-refractivity contribution in [3.05, 3.63) is 35.4 Å². The third-order valence-corrected chi connectivity index (χ3v) is 4.12. The maximum atomic E-state index is 10.9. The highest BCUT2D eigenvalue weighted by atomic mass is 16.4. The average molecular weight is 275 g/mol. The molecule has 0 aliphatic carbocycles. The number of aromatic carboxylic acids is 1. The molecule has 0 unspecified atom stereocenters. The topological polar surface area (TPSA) is 40.5 Å². The third kappa shape index (κ3) is 3.60. The van der Waals surface area contributed by atoms with Gasteiger partial charge in [0.2, 0.25) is 0 Å². The molecular formula is C17H25NO2. The summed E-state index contributed by atoms with van der Waals surface area (Å²) in [7, 11) is 0. The largest absolute Gasteiger partial charge is 0.478 e. The quantitative estimate of drug-likeness (QED) is 0.908. The van der Waals surface area contributed by atoms with Gasteiger partial charge < -0.3 is 5.11 Å². The predicted octanol–water partition coefficient (Wildman–Crippen LogP) is 3.81. The molecule has 0 amide bonds. The van der Waals surface area contributed by atoms with Gasteiger partial charge in [-0.1, -0.05) is 32.9 Å². The Morgan fingerprint density at radius 1 is 1.35 bits per heavy atom. The van der Waals surface area contributed by atoms with Crippen molar-refractivity contribution in [2.24, 2.45) is 11.8 Å². The van der Waals surface area contributed by atoms with Crippen molar-refractivity contribution in [3.63, 3.8) is 0 Å². The molecule has 1 aliphatic rings. The maximum Gasteiger partial charge on any atom is 0.335 e. The summed E-state index contributed by atoms with van der Waals surface area (Å²) in [6, 6.07) is 7.86. The molecule has 1 aromatic carbocycles. The van der Waals surface area contributed by atoms with Crippen LogP contribution < -0.4 is 0 Å². The van der Waals surface area contributed by atoms with Crippen LogP contribution >= 0.6 is 0 Å². The van der Waals surface area contributed by atoms with Gasteiger partial charge in [0.25, 0.3) is 0 Å². The molecule has 1 aromatic rings. The van der Waals surface area contributed by atoms with Gasteiger partial charge >= 0.3 is 5.97 Å². The van der Waals surface area contributed by atoms with Gasteiger partial charge in [-0.3, -0.25) is 4.90 Å². The normalized spacial score (nSPS) is 24.0. The lowest BCUT2D eigenvalue weighted by molar-refractivity contribution is 0.0696. The second kappa shape index (κ2) is 6.40. The van der Waals surface area contributed by atoms with Crippen LogP contribution in [0.5, 0.6) is 0 Å². The molecule has 1 heterocycles. The number of benzene rings is 1. The highest BCUT2D eigenvalue weighted by Crippen LogP contribution is 2.34. The summed E-state index contributed by atoms with van der Waals surface area (Å²) in [5, 5.41) is 8.99. The summed E-state index contributed by atoms with van der Waals surface area (Å²) < 4.78 is 0. The van der Waals surface area contributed by atoms with Crippen molar-refractivity contribution in [2.75, 3.05) is 13.1 Å². The molecule has 20 heavy (non-hydrogen) atoms. The number of carboxylic acids is 1. The molecule has 1 saturated heterocycles. The Bertz CT molecular complexity index is 453. The lowest BCUT2D eigenvalue weighted by atomic mass is 9.87. The molecular weight excluding hydrogens is 250 g/mol. The molecule has 0 saturated carbocycles. The Morgan fingerprint density at radius 2 is 2.00 bits per heavy atom. The molecule has 2 rings (SSSR count). The Hall–Kier alpha value is -1.35. The van der Waals surface area contributed by atoms with Crippen molar-refractivity contribution >= 4 is 5.97 Å². The third-order valence-electron chi connectivity index (χ3n) is 4.12. The molecule has 0 bridgehead atoms. The zero-order chi connectivity index (χ0) is 14.7. The molecule has 0 spiro atoms. The predicted molar refractivity (Wildman–Crippen MR) is 81.0 cm³/mol. The van der Waals surface area contributed by atoms with Gasteiger partial charge in [-0.15, -0.1) is 0 Å². The summed E-state index contributed by atoms with van der Waals surface area (Å²) in [6.07, 6.45) is 2.43. The van der Waals surface area contributed by atoms with E-state index >= 15 is 0 Å². The van der Waals surface area contributed by atoms with Crippen molar-refractivity contribution in [1.82, 2.24) is 4.90 Å². The van der Waals surface area contributed by atoms with E-state index in [1.807, 2.05) is 12.1 Å². The monoisotopic (exact) mass is 275 g/mol. The SMILES string of the molecule is CC(C)CN1CC[C@H](C)C[C@H]1c1ccc(C(=O)O)cc1. The van der Waals surface area contributed by atoms with E-state index in [0.717, 1.165) is 19.0 Å². The molecule has 3 nitrogen and oxygen atoms in total. The first-order valence-electron chi connectivity index (χ1n) is 7.54. The second-order valence-corrected chi connectivity index (χ2v) is 6.46. The molecule has 1 fully saturated rings. The van der Waals surface area contributed by atoms with Gasteiger partial charge in [0.1, 0.15) is 0 Å². The maximum absolute atomic E-state index is 10.9. The highest BCUT2D eigenvalue weighted by Gasteiger charge is 2.27. The van der Waals surface area contributed by atoms with Crippen LogP contribution in [-0.2, 0) is 0 Å². The number of rotatable bonds is 4. The molecule has 1 N–H and O–H groups in total. The van der Waals surface area contributed by atoms with E-state index in [2.05, 4.69) is 25.7 Å². The molecule has 1 aliphatic heterocycles. The first-order chi connectivity index (χ1) is 9.47. The van der Waals surface area contributed by atoms with Crippen LogP contribution in [0.1, 0.15) is 55.6 Å².